The van der Waals surface area contributed by atoms with Gasteiger partial charge in [0.1, 0.15) is 12.0 Å². The molecule has 0 atom stereocenters. The SMILES string of the molecule is OCc1ccc(-c2cncc(-c3ncco3)c2)cc1O. The second-order valence-electron chi connectivity index (χ2n) is 4.30. The van der Waals surface area contributed by atoms with Gasteiger partial charge in [-0.1, -0.05) is 12.1 Å². The van der Waals surface area contributed by atoms with E-state index in [0.29, 0.717) is 11.5 Å². The van der Waals surface area contributed by atoms with Crippen LogP contribution in [-0.4, -0.2) is 20.2 Å². The minimum atomic E-state index is -0.194. The van der Waals surface area contributed by atoms with E-state index in [1.807, 2.05) is 12.1 Å². The van der Waals surface area contributed by atoms with Crippen molar-refractivity contribution in [2.75, 3.05) is 0 Å². The van der Waals surface area contributed by atoms with E-state index in [1.165, 1.54) is 6.26 Å². The van der Waals surface area contributed by atoms with E-state index < -0.39 is 0 Å². The maximum atomic E-state index is 9.79. The highest BCUT2D eigenvalue weighted by molar-refractivity contribution is 5.69. The molecule has 1 aromatic carbocycles. The predicted molar refractivity (Wildman–Crippen MR) is 72.8 cm³/mol. The molecule has 2 N–H and O–H groups in total. The minimum absolute atomic E-state index is 0.0616. The molecule has 0 radical (unpaired) electrons. The smallest absolute Gasteiger partial charge is 0.227 e. The van der Waals surface area contributed by atoms with Gasteiger partial charge in [0.2, 0.25) is 5.89 Å². The molecule has 0 unspecified atom stereocenters. The topological polar surface area (TPSA) is 79.4 Å². The number of pyridine rings is 1. The molecule has 5 nitrogen and oxygen atoms in total. The molecular weight excluding hydrogens is 256 g/mol. The lowest BCUT2D eigenvalue weighted by Gasteiger charge is -2.06. The number of oxazole rings is 1. The summed E-state index contributed by atoms with van der Waals surface area (Å²) in [5.74, 6) is 0.557. The van der Waals surface area contributed by atoms with Crippen molar-refractivity contribution in [1.29, 1.82) is 0 Å². The maximum Gasteiger partial charge on any atom is 0.227 e. The number of nitrogens with zero attached hydrogens (tertiary/aromatic N) is 2. The van der Waals surface area contributed by atoms with E-state index in [4.69, 9.17) is 9.52 Å². The number of aliphatic hydroxyl groups is 1. The summed E-state index contributed by atoms with van der Waals surface area (Å²) in [5.41, 5.74) is 2.89. The van der Waals surface area contributed by atoms with Crippen molar-refractivity contribution in [2.24, 2.45) is 0 Å². The monoisotopic (exact) mass is 268 g/mol. The van der Waals surface area contributed by atoms with Crippen LogP contribution in [0, 0.1) is 0 Å². The first-order chi connectivity index (χ1) is 9.78. The Morgan fingerprint density at radius 1 is 1.05 bits per heavy atom. The van der Waals surface area contributed by atoms with Crippen LogP contribution in [0.4, 0.5) is 0 Å². The fourth-order valence-corrected chi connectivity index (χ4v) is 1.96. The van der Waals surface area contributed by atoms with Crippen molar-refractivity contribution >= 4 is 0 Å². The molecule has 0 spiro atoms. The summed E-state index contributed by atoms with van der Waals surface area (Å²) >= 11 is 0. The average molecular weight is 268 g/mol. The van der Waals surface area contributed by atoms with E-state index in [1.54, 1.807) is 30.7 Å². The number of aliphatic hydroxyl groups excluding tert-OH is 1. The normalized spacial score (nSPS) is 10.7. The quantitative estimate of drug-likeness (QED) is 0.763. The number of aromatic nitrogens is 2. The van der Waals surface area contributed by atoms with Gasteiger partial charge in [0.15, 0.2) is 0 Å². The van der Waals surface area contributed by atoms with Crippen LogP contribution >= 0.6 is 0 Å². The van der Waals surface area contributed by atoms with E-state index in [2.05, 4.69) is 9.97 Å². The lowest BCUT2D eigenvalue weighted by molar-refractivity contribution is 0.275. The van der Waals surface area contributed by atoms with Gasteiger partial charge in [0, 0.05) is 23.5 Å². The van der Waals surface area contributed by atoms with Crippen LogP contribution in [0.25, 0.3) is 22.6 Å². The highest BCUT2D eigenvalue weighted by Crippen LogP contribution is 2.28. The molecule has 0 aliphatic rings. The van der Waals surface area contributed by atoms with Crippen molar-refractivity contribution in [2.45, 2.75) is 6.61 Å². The third kappa shape index (κ3) is 2.26. The molecule has 2 aromatic heterocycles. The zero-order valence-electron chi connectivity index (χ0n) is 10.5. The van der Waals surface area contributed by atoms with Crippen LogP contribution in [0.15, 0.2) is 53.5 Å². The highest BCUT2D eigenvalue weighted by Gasteiger charge is 2.07. The van der Waals surface area contributed by atoms with Gasteiger partial charge in [-0.25, -0.2) is 4.98 Å². The molecule has 3 rings (SSSR count). The third-order valence-corrected chi connectivity index (χ3v) is 3.01. The Labute approximate surface area is 115 Å². The molecule has 0 amide bonds. The van der Waals surface area contributed by atoms with E-state index in [0.717, 1.165) is 16.7 Å². The van der Waals surface area contributed by atoms with E-state index in [9.17, 15) is 5.11 Å². The number of hydrogen-bond donors (Lipinski definition) is 2. The van der Waals surface area contributed by atoms with Crippen molar-refractivity contribution in [3.05, 3.63) is 54.7 Å². The molecule has 5 heteroatoms. The largest absolute Gasteiger partial charge is 0.508 e. The van der Waals surface area contributed by atoms with Crippen molar-refractivity contribution in [3.8, 4) is 28.3 Å². The van der Waals surface area contributed by atoms with Gasteiger partial charge in [-0.15, -0.1) is 0 Å². The average Bonchev–Trinajstić information content (AvgIpc) is 3.01. The van der Waals surface area contributed by atoms with Crippen LogP contribution in [0.1, 0.15) is 5.56 Å². The number of benzene rings is 1. The lowest BCUT2D eigenvalue weighted by atomic mass is 10.0. The Morgan fingerprint density at radius 3 is 2.60 bits per heavy atom. The maximum absolute atomic E-state index is 9.79. The molecule has 2 heterocycles. The van der Waals surface area contributed by atoms with Gasteiger partial charge >= 0.3 is 0 Å². The predicted octanol–water partition coefficient (Wildman–Crippen LogP) is 2.60. The molecule has 3 aromatic rings. The Hall–Kier alpha value is -2.66. The van der Waals surface area contributed by atoms with Crippen LogP contribution < -0.4 is 0 Å². The molecule has 0 aliphatic heterocycles. The summed E-state index contributed by atoms with van der Waals surface area (Å²) in [7, 11) is 0. The van der Waals surface area contributed by atoms with Crippen molar-refractivity contribution < 1.29 is 14.6 Å². The van der Waals surface area contributed by atoms with Gasteiger partial charge in [0.25, 0.3) is 0 Å². The molecule has 100 valence electrons. The summed E-state index contributed by atoms with van der Waals surface area (Å²) in [6, 6.07) is 6.98. The Kier molecular flexibility index (Phi) is 3.18. The van der Waals surface area contributed by atoms with Gasteiger partial charge in [-0.2, -0.15) is 0 Å². The lowest BCUT2D eigenvalue weighted by Crippen LogP contribution is -1.87. The first kappa shape index (κ1) is 12.4. The van der Waals surface area contributed by atoms with Crippen molar-refractivity contribution in [1.82, 2.24) is 9.97 Å². The first-order valence-electron chi connectivity index (χ1n) is 6.06. The number of aromatic hydroxyl groups is 1. The van der Waals surface area contributed by atoms with Crippen LogP contribution in [0.3, 0.4) is 0 Å². The molecule has 0 saturated carbocycles. The number of hydrogen-bond acceptors (Lipinski definition) is 5. The van der Waals surface area contributed by atoms with Gasteiger partial charge in [-0.05, 0) is 17.7 Å². The molecular formula is C15H12N2O3. The fourth-order valence-electron chi connectivity index (χ4n) is 1.96. The van der Waals surface area contributed by atoms with Crippen molar-refractivity contribution in [3.63, 3.8) is 0 Å². The summed E-state index contributed by atoms with van der Waals surface area (Å²) < 4.78 is 5.24. The summed E-state index contributed by atoms with van der Waals surface area (Å²) in [6.45, 7) is -0.194. The van der Waals surface area contributed by atoms with E-state index >= 15 is 0 Å². The fraction of sp³-hybridized carbons (Fsp3) is 0.0667. The third-order valence-electron chi connectivity index (χ3n) is 3.01. The Morgan fingerprint density at radius 2 is 1.90 bits per heavy atom. The summed E-state index contributed by atoms with van der Waals surface area (Å²) in [4.78, 5) is 8.24. The zero-order valence-corrected chi connectivity index (χ0v) is 10.5. The number of rotatable bonds is 3. The number of phenols is 1. The molecule has 0 fully saturated rings. The molecule has 0 bridgehead atoms. The second kappa shape index (κ2) is 5.14. The molecule has 20 heavy (non-hydrogen) atoms. The second-order valence-corrected chi connectivity index (χ2v) is 4.30. The van der Waals surface area contributed by atoms with Crippen LogP contribution in [0.5, 0.6) is 5.75 Å². The molecule has 0 aliphatic carbocycles. The summed E-state index contributed by atoms with van der Waals surface area (Å²) in [6.07, 6.45) is 6.44. The van der Waals surface area contributed by atoms with Gasteiger partial charge in [0.05, 0.1) is 18.4 Å². The van der Waals surface area contributed by atoms with Gasteiger partial charge < -0.3 is 14.6 Å². The minimum Gasteiger partial charge on any atom is -0.508 e. The Balaban J connectivity index is 2.02. The Bertz CT molecular complexity index is 724. The van der Waals surface area contributed by atoms with Gasteiger partial charge in [-0.3, -0.25) is 4.98 Å². The molecule has 0 saturated heterocycles. The zero-order chi connectivity index (χ0) is 13.9. The van der Waals surface area contributed by atoms with Crippen LogP contribution in [-0.2, 0) is 6.61 Å². The first-order valence-corrected chi connectivity index (χ1v) is 6.06. The standard InChI is InChI=1S/C15H12N2O3/c18-9-11-2-1-10(6-14(11)19)12-5-13(8-16-7-12)15-17-3-4-20-15/h1-8,18-19H,9H2. The van der Waals surface area contributed by atoms with Crippen LogP contribution in [0.2, 0.25) is 0 Å². The summed E-state index contributed by atoms with van der Waals surface area (Å²) in [5, 5.41) is 18.9. The highest BCUT2D eigenvalue weighted by atomic mass is 16.3. The van der Waals surface area contributed by atoms with E-state index in [-0.39, 0.29) is 12.4 Å².